The van der Waals surface area contributed by atoms with Crippen molar-refractivity contribution >= 4 is 33.2 Å². The highest BCUT2D eigenvalue weighted by molar-refractivity contribution is 7.17. The number of benzene rings is 1. The highest BCUT2D eigenvalue weighted by atomic mass is 32.1. The van der Waals surface area contributed by atoms with E-state index in [2.05, 4.69) is 35.0 Å². The molecule has 1 unspecified atom stereocenters. The van der Waals surface area contributed by atoms with Gasteiger partial charge in [-0.3, -0.25) is 4.79 Å². The van der Waals surface area contributed by atoms with E-state index in [1.807, 2.05) is 0 Å². The van der Waals surface area contributed by atoms with Crippen molar-refractivity contribution in [1.82, 2.24) is 5.32 Å². The smallest absolute Gasteiger partial charge is 0.336 e. The molecule has 1 N–H and O–H groups in total. The van der Waals surface area contributed by atoms with Crippen molar-refractivity contribution in [2.24, 2.45) is 17.8 Å². The predicted octanol–water partition coefficient (Wildman–Crippen LogP) is 7.41. The number of methoxy groups -OCH3 is 1. The number of thiophene rings is 1. The van der Waals surface area contributed by atoms with Gasteiger partial charge in [0.05, 0.1) is 12.7 Å². The number of esters is 1. The lowest BCUT2D eigenvalue weighted by Crippen LogP contribution is -2.39. The van der Waals surface area contributed by atoms with E-state index in [-0.39, 0.29) is 23.6 Å². The third kappa shape index (κ3) is 4.34. The summed E-state index contributed by atoms with van der Waals surface area (Å²) in [4.78, 5) is 27.8. The van der Waals surface area contributed by atoms with Crippen molar-refractivity contribution in [3.63, 3.8) is 0 Å². The van der Waals surface area contributed by atoms with E-state index in [4.69, 9.17) is 4.74 Å². The first-order valence-corrected chi connectivity index (χ1v) is 14.9. The standard InChI is InChI=1S/C31H37NO3S/c1-35-31(34)27-25(23-18-36-24-15-9-8-14-22(23)24)26(30(33)21-16-17-21)28(19-10-4-2-5-11-19)32-29(27)20-12-6-3-7-13-20/h8-9,14-15,18-21,25,32H,2-7,10-13,16-17H2,1H3. The van der Waals surface area contributed by atoms with Crippen LogP contribution in [0.1, 0.15) is 88.5 Å². The van der Waals surface area contributed by atoms with Gasteiger partial charge in [0.2, 0.25) is 0 Å². The van der Waals surface area contributed by atoms with Crippen LogP contribution in [-0.4, -0.2) is 18.9 Å². The number of rotatable bonds is 6. The molecule has 2 heterocycles. The first-order chi connectivity index (χ1) is 17.7. The SMILES string of the molecule is COC(=O)C1=C(C2CCCCC2)NC(C2CCCCC2)=C(C(=O)C2CC2)C1c1csc2ccccc12. The fraction of sp³-hybridized carbons (Fsp3) is 0.548. The molecule has 4 nitrogen and oxygen atoms in total. The average molecular weight is 504 g/mol. The highest BCUT2D eigenvalue weighted by Crippen LogP contribution is 2.50. The van der Waals surface area contributed by atoms with Crippen molar-refractivity contribution in [1.29, 1.82) is 0 Å². The molecule has 3 aliphatic carbocycles. The summed E-state index contributed by atoms with van der Waals surface area (Å²) in [7, 11) is 1.49. The third-order valence-corrected chi connectivity index (χ3v) is 9.88. The normalized spacial score (nSPS) is 24.2. The number of dihydropyridines is 1. The number of hydrogen-bond donors (Lipinski definition) is 1. The Kier molecular flexibility index (Phi) is 6.76. The van der Waals surface area contributed by atoms with E-state index in [0.717, 1.165) is 66.4 Å². The molecular weight excluding hydrogens is 466 g/mol. The van der Waals surface area contributed by atoms with Crippen molar-refractivity contribution in [3.8, 4) is 0 Å². The van der Waals surface area contributed by atoms with E-state index >= 15 is 0 Å². The fourth-order valence-electron chi connectivity index (χ4n) is 6.87. The van der Waals surface area contributed by atoms with E-state index in [1.54, 1.807) is 11.3 Å². The summed E-state index contributed by atoms with van der Waals surface area (Å²) in [5.41, 5.74) is 4.85. The zero-order valence-corrected chi connectivity index (χ0v) is 22.1. The Morgan fingerprint density at radius 1 is 0.833 bits per heavy atom. The fourth-order valence-corrected chi connectivity index (χ4v) is 7.86. The van der Waals surface area contributed by atoms with Crippen molar-refractivity contribution in [2.45, 2.75) is 83.0 Å². The molecule has 190 valence electrons. The summed E-state index contributed by atoms with van der Waals surface area (Å²) in [5, 5.41) is 7.20. The summed E-state index contributed by atoms with van der Waals surface area (Å²) < 4.78 is 6.67. The Morgan fingerprint density at radius 2 is 1.44 bits per heavy atom. The molecule has 3 saturated carbocycles. The summed E-state index contributed by atoms with van der Waals surface area (Å²) in [6.07, 6.45) is 13.7. The Balaban J connectivity index is 1.60. The quantitative estimate of drug-likeness (QED) is 0.417. The van der Waals surface area contributed by atoms with Crippen LogP contribution in [0, 0.1) is 17.8 Å². The molecule has 3 fully saturated rings. The molecule has 1 aromatic heterocycles. The lowest BCUT2D eigenvalue weighted by atomic mass is 9.71. The number of carbonyl (C=O) groups is 2. The van der Waals surface area contributed by atoms with Gasteiger partial charge < -0.3 is 10.1 Å². The predicted molar refractivity (Wildman–Crippen MR) is 145 cm³/mol. The summed E-state index contributed by atoms with van der Waals surface area (Å²) in [6, 6.07) is 8.42. The van der Waals surface area contributed by atoms with E-state index in [9.17, 15) is 9.59 Å². The maximum Gasteiger partial charge on any atom is 0.336 e. The number of fused-ring (bicyclic) bond motifs is 1. The maximum absolute atomic E-state index is 14.1. The van der Waals surface area contributed by atoms with Crippen LogP contribution >= 0.6 is 11.3 Å². The molecule has 0 amide bonds. The highest BCUT2D eigenvalue weighted by Gasteiger charge is 2.46. The molecule has 5 heteroatoms. The molecule has 4 aliphatic rings. The Bertz CT molecular complexity index is 1220. The first-order valence-electron chi connectivity index (χ1n) is 14.0. The molecular formula is C31H37NO3S. The van der Waals surface area contributed by atoms with Crippen LogP contribution in [0.15, 0.2) is 52.2 Å². The van der Waals surface area contributed by atoms with E-state index < -0.39 is 0 Å². The van der Waals surface area contributed by atoms with Crippen LogP contribution in [0.25, 0.3) is 10.1 Å². The van der Waals surface area contributed by atoms with Gasteiger partial charge in [0, 0.05) is 33.5 Å². The number of ketones is 1. The van der Waals surface area contributed by atoms with E-state index in [0.29, 0.717) is 17.4 Å². The van der Waals surface area contributed by atoms with Gasteiger partial charge in [0.25, 0.3) is 0 Å². The van der Waals surface area contributed by atoms with Gasteiger partial charge in [0.15, 0.2) is 5.78 Å². The van der Waals surface area contributed by atoms with Crippen LogP contribution in [0.5, 0.6) is 0 Å². The molecule has 0 spiro atoms. The van der Waals surface area contributed by atoms with Crippen molar-refractivity contribution in [3.05, 3.63) is 57.7 Å². The Hall–Kier alpha value is -2.40. The van der Waals surface area contributed by atoms with Crippen LogP contribution < -0.4 is 5.32 Å². The van der Waals surface area contributed by atoms with Gasteiger partial charge in [-0.25, -0.2) is 4.79 Å². The topological polar surface area (TPSA) is 55.4 Å². The van der Waals surface area contributed by atoms with Crippen molar-refractivity contribution in [2.75, 3.05) is 7.11 Å². The first kappa shape index (κ1) is 24.0. The van der Waals surface area contributed by atoms with Crippen LogP contribution in [0.4, 0.5) is 0 Å². The second-order valence-corrected chi connectivity index (χ2v) is 12.1. The zero-order chi connectivity index (χ0) is 24.6. The van der Waals surface area contributed by atoms with E-state index in [1.165, 1.54) is 50.3 Å². The van der Waals surface area contributed by atoms with Gasteiger partial charge in [-0.2, -0.15) is 0 Å². The van der Waals surface area contributed by atoms with Gasteiger partial charge in [-0.05, 0) is 72.8 Å². The lowest BCUT2D eigenvalue weighted by molar-refractivity contribution is -0.136. The van der Waals surface area contributed by atoms with Gasteiger partial charge in [-0.1, -0.05) is 56.7 Å². The van der Waals surface area contributed by atoms with Crippen LogP contribution in [0.2, 0.25) is 0 Å². The zero-order valence-electron chi connectivity index (χ0n) is 21.3. The molecule has 0 radical (unpaired) electrons. The molecule has 1 aromatic carbocycles. The summed E-state index contributed by atoms with van der Waals surface area (Å²) in [6.45, 7) is 0. The number of ether oxygens (including phenoxy) is 1. The molecule has 0 bridgehead atoms. The van der Waals surface area contributed by atoms with Gasteiger partial charge in [-0.15, -0.1) is 11.3 Å². The van der Waals surface area contributed by atoms with Gasteiger partial charge in [0.1, 0.15) is 0 Å². The third-order valence-electron chi connectivity index (χ3n) is 8.89. The molecule has 1 aliphatic heterocycles. The summed E-state index contributed by atoms with van der Waals surface area (Å²) >= 11 is 1.71. The number of hydrogen-bond acceptors (Lipinski definition) is 5. The molecule has 0 saturated heterocycles. The minimum absolute atomic E-state index is 0.0999. The van der Waals surface area contributed by atoms with Crippen LogP contribution in [-0.2, 0) is 14.3 Å². The maximum atomic E-state index is 14.1. The largest absolute Gasteiger partial charge is 0.466 e. The minimum atomic E-state index is -0.350. The second kappa shape index (κ2) is 10.2. The Labute approximate surface area is 218 Å². The number of Topliss-reactive ketones (excluding diaryl/α,β-unsaturated/α-hetero) is 1. The molecule has 1 atom stereocenters. The average Bonchev–Trinajstić information content (AvgIpc) is 3.71. The molecule has 36 heavy (non-hydrogen) atoms. The molecule has 6 rings (SSSR count). The number of allylic oxidation sites excluding steroid dienone is 3. The second-order valence-electron chi connectivity index (χ2n) is 11.2. The lowest BCUT2D eigenvalue weighted by Gasteiger charge is -2.40. The van der Waals surface area contributed by atoms with Crippen molar-refractivity contribution < 1.29 is 14.3 Å². The minimum Gasteiger partial charge on any atom is -0.466 e. The summed E-state index contributed by atoms with van der Waals surface area (Å²) in [5.74, 6) is 0.400. The number of nitrogens with one attached hydrogen (secondary N) is 1. The Morgan fingerprint density at radius 3 is 2.06 bits per heavy atom. The molecule has 2 aromatic rings. The number of carbonyl (C=O) groups excluding carboxylic acids is 2. The van der Waals surface area contributed by atoms with Gasteiger partial charge >= 0.3 is 5.97 Å². The monoisotopic (exact) mass is 503 g/mol. The van der Waals surface area contributed by atoms with Crippen LogP contribution in [0.3, 0.4) is 0 Å².